The molecule has 8 aromatic rings. The maximum Gasteiger partial charge on any atom is -0.0178 e. The van der Waals surface area contributed by atoms with Gasteiger partial charge in [0.1, 0.15) is 0 Å². The van der Waals surface area contributed by atoms with Crippen LogP contribution >= 0.6 is 0 Å². The molecule has 8 aromatic carbocycles. The molecule has 0 aliphatic heterocycles. The molecular formula is C64H65Cl2F3SiZr-2. The van der Waals surface area contributed by atoms with E-state index in [0.717, 1.165) is 59.2 Å². The van der Waals surface area contributed by atoms with E-state index in [-0.39, 0.29) is 24.8 Å². The summed E-state index contributed by atoms with van der Waals surface area (Å²) >= 11 is 1.29. The van der Waals surface area contributed by atoms with Gasteiger partial charge < -0.3 is 24.8 Å². The third kappa shape index (κ3) is 11.0. The van der Waals surface area contributed by atoms with Crippen LogP contribution in [0.15, 0.2) is 146 Å². The molecule has 0 unspecified atom stereocenters. The normalized spacial score (nSPS) is 26.7. The average molecular weight is 1080 g/mol. The number of benzene rings is 6. The molecule has 0 radical (unpaired) electrons. The van der Waals surface area contributed by atoms with Crippen molar-refractivity contribution in [2.75, 3.05) is 0 Å². The van der Waals surface area contributed by atoms with Crippen LogP contribution in [0.4, 0.5) is 13.2 Å². The van der Waals surface area contributed by atoms with Crippen molar-refractivity contribution < 1.29 is 61.3 Å². The molecule has 8 fully saturated rings. The number of fused-ring (bicyclic) bond motifs is 4. The molecule has 16 rings (SSSR count). The van der Waals surface area contributed by atoms with Crippen LogP contribution < -0.4 is 24.8 Å². The zero-order chi connectivity index (χ0) is 46.8. The molecule has 0 saturated heterocycles. The van der Waals surface area contributed by atoms with Gasteiger partial charge in [-0.25, -0.2) is 0 Å². The van der Waals surface area contributed by atoms with Gasteiger partial charge in [0.05, 0.1) is 0 Å². The van der Waals surface area contributed by atoms with Gasteiger partial charge in [-0.1, -0.05) is 96.1 Å². The van der Waals surface area contributed by atoms with Crippen LogP contribution in [0, 0.1) is 59.2 Å². The minimum Gasteiger partial charge on any atom is -1.00 e. The van der Waals surface area contributed by atoms with Gasteiger partial charge in [-0.05, 0) is 181 Å². The van der Waals surface area contributed by atoms with Crippen molar-refractivity contribution in [1.29, 1.82) is 0 Å². The van der Waals surface area contributed by atoms with Gasteiger partial charge in [-0.2, -0.15) is 12.1 Å². The molecule has 0 heterocycles. The molecule has 0 nitrogen and oxygen atoms in total. The van der Waals surface area contributed by atoms with E-state index in [4.69, 9.17) is 0 Å². The van der Waals surface area contributed by atoms with Crippen molar-refractivity contribution in [3.8, 4) is 22.3 Å². The van der Waals surface area contributed by atoms with Crippen LogP contribution in [-0.2, 0) is 36.2 Å². The first-order valence-corrected chi connectivity index (χ1v) is 32.4. The van der Waals surface area contributed by atoms with Crippen LogP contribution in [0.5, 0.6) is 0 Å². The molecule has 0 amide bonds. The molecule has 8 bridgehead atoms. The molecule has 366 valence electrons. The first kappa shape index (κ1) is 51.0. The van der Waals surface area contributed by atoms with Crippen molar-refractivity contribution in [2.24, 2.45) is 59.2 Å². The third-order valence-corrected chi connectivity index (χ3v) is 21.2. The molecule has 0 spiro atoms. The minimum absolute atomic E-state index is 0. The summed E-state index contributed by atoms with van der Waals surface area (Å²) in [6, 6.07) is 55.3. The second-order valence-electron chi connectivity index (χ2n) is 23.0. The third-order valence-electron chi connectivity index (χ3n) is 18.3. The Morgan fingerprint density at radius 3 is 1.21 bits per heavy atom. The topological polar surface area (TPSA) is 0 Å². The first-order valence-electron chi connectivity index (χ1n) is 26.5. The van der Waals surface area contributed by atoms with Gasteiger partial charge in [0.2, 0.25) is 0 Å². The number of alkyl halides is 3. The van der Waals surface area contributed by atoms with E-state index in [2.05, 4.69) is 146 Å². The van der Waals surface area contributed by atoms with Crippen molar-refractivity contribution in [1.82, 2.24) is 0 Å². The van der Waals surface area contributed by atoms with Crippen LogP contribution in [0.1, 0.15) is 81.8 Å². The monoisotopic (exact) mass is 1080 g/mol. The van der Waals surface area contributed by atoms with Crippen LogP contribution in [0.25, 0.3) is 65.3 Å². The Balaban J connectivity index is 0.000000137. The van der Waals surface area contributed by atoms with Crippen molar-refractivity contribution in [3.63, 3.8) is 0 Å². The number of hydrogen-bond acceptors (Lipinski definition) is 0. The minimum atomic E-state index is -3.93. The second kappa shape index (κ2) is 21.4. The number of halogens is 5. The summed E-state index contributed by atoms with van der Waals surface area (Å²) < 4.78 is 34.3. The largest absolute Gasteiger partial charge is 1.00 e. The molecule has 0 N–H and O–H groups in total. The summed E-state index contributed by atoms with van der Waals surface area (Å²) in [7, 11) is 0. The number of hydrogen-bond donors (Lipinski definition) is 0. The predicted molar refractivity (Wildman–Crippen MR) is 281 cm³/mol. The van der Waals surface area contributed by atoms with E-state index in [0.29, 0.717) is 6.04 Å². The fourth-order valence-corrected chi connectivity index (χ4v) is 17.2. The van der Waals surface area contributed by atoms with Gasteiger partial charge in [0.25, 0.3) is 0 Å². The quantitative estimate of drug-likeness (QED) is 0.105. The molecule has 71 heavy (non-hydrogen) atoms. The number of rotatable bonds is 8. The summed E-state index contributed by atoms with van der Waals surface area (Å²) in [4.78, 5) is 0. The summed E-state index contributed by atoms with van der Waals surface area (Å²) in [5.41, 5.74) is 8.01. The fourth-order valence-electron chi connectivity index (χ4n) is 15.7. The first-order chi connectivity index (χ1) is 33.5. The molecule has 8 aliphatic carbocycles. The van der Waals surface area contributed by atoms with Gasteiger partial charge in [0, 0.05) is 0 Å². The Morgan fingerprint density at radius 1 is 0.479 bits per heavy atom. The van der Waals surface area contributed by atoms with Gasteiger partial charge in [-0.15, -0.1) is 69.1 Å². The Hall–Kier alpha value is -3.47. The van der Waals surface area contributed by atoms with E-state index in [1.807, 2.05) is 6.55 Å². The van der Waals surface area contributed by atoms with Crippen LogP contribution in [0.2, 0.25) is 12.6 Å². The molecule has 0 atom stereocenters. The van der Waals surface area contributed by atoms with Crippen molar-refractivity contribution in [3.05, 3.63) is 157 Å². The zero-order valence-corrected chi connectivity index (χ0v) is 45.9. The van der Waals surface area contributed by atoms with Gasteiger partial charge in [-0.3, -0.25) is 0 Å². The Morgan fingerprint density at radius 2 is 0.859 bits per heavy atom. The zero-order valence-electron chi connectivity index (χ0n) is 40.9. The molecule has 8 saturated carbocycles. The van der Waals surface area contributed by atoms with E-state index < -0.39 is 18.0 Å². The molecular weight excluding hydrogens is 1020 g/mol. The summed E-state index contributed by atoms with van der Waals surface area (Å²) in [5.74, 6) is 10.2. The molecule has 0 aromatic heterocycles. The Kier molecular flexibility index (Phi) is 15.4. The maximum absolute atomic E-state index is 11.4. The fraction of sp³-hybridized carbons (Fsp3) is 0.406. The average Bonchev–Trinajstić information content (AvgIpc) is 3.96. The van der Waals surface area contributed by atoms with Crippen molar-refractivity contribution in [2.45, 2.75) is 102 Å². The second-order valence-corrected chi connectivity index (χ2v) is 31.3. The Bertz CT molecular complexity index is 2910. The standard InChI is InChI=1S/2C30H29.C4H7F3Si.2ClH.Zr/c2*1-2-5-23-18-25(9-8-22(23)4-1)28-7-3-6-24-11-21(17-30(24)28)16-29-26-12-19-10-20(14-26)15-27(29)13-19;1-8-3-2-4(5,6)7;;;/h2*1-9,11,17-20,26-27,29H,10,12-16H2;2-3H2,1H3;2*1H;/q2*-1;;;;+2/p-2. The van der Waals surface area contributed by atoms with Gasteiger partial charge in [0.15, 0.2) is 0 Å². The van der Waals surface area contributed by atoms with Gasteiger partial charge >= 0.3 is 67.1 Å². The summed E-state index contributed by atoms with van der Waals surface area (Å²) in [5, 5.41) is 11.0. The van der Waals surface area contributed by atoms with Crippen molar-refractivity contribution >= 4 is 48.5 Å². The van der Waals surface area contributed by atoms with Crippen LogP contribution in [-0.4, -0.2) is 11.6 Å². The van der Waals surface area contributed by atoms with E-state index in [9.17, 15) is 13.2 Å². The predicted octanol–water partition coefficient (Wildman–Crippen LogP) is 12.1. The summed E-state index contributed by atoms with van der Waals surface area (Å²) in [6.07, 6.45) is 13.4. The van der Waals surface area contributed by atoms with Crippen LogP contribution in [0.3, 0.4) is 0 Å². The van der Waals surface area contributed by atoms with E-state index in [1.54, 1.807) is 24.0 Å². The molecule has 7 heteroatoms. The SMILES string of the molecule is C[Si](=[Zr+2])CCC(F)(F)F.[Cl-].[Cl-].c1ccc2cc(-c3cccc4[cH-]c(CC5C6CC7CC(C6)CC5C7)cc34)ccc2c1.c1ccc2cc(-c3cccc4[cH-]c(CC5C6CC7CC(C6)CC5C7)cc34)ccc2c1. The maximum atomic E-state index is 11.4. The summed E-state index contributed by atoms with van der Waals surface area (Å²) in [6.45, 7) is 1.93. The Labute approximate surface area is 446 Å². The molecule has 8 aliphatic rings. The van der Waals surface area contributed by atoms with E-state index in [1.165, 1.54) is 153 Å². The van der Waals surface area contributed by atoms with E-state index >= 15 is 0 Å². The smallest absolute Gasteiger partial charge is 0.0178 e.